The molecule has 3 aromatic rings. The summed E-state index contributed by atoms with van der Waals surface area (Å²) in [5.41, 5.74) is -0.500. The fourth-order valence-electron chi connectivity index (χ4n) is 2.65. The van der Waals surface area contributed by atoms with Crippen LogP contribution in [-0.4, -0.2) is 19.7 Å². The third-order valence-electron chi connectivity index (χ3n) is 3.97. The summed E-state index contributed by atoms with van der Waals surface area (Å²) in [4.78, 5) is 4.06. The van der Waals surface area contributed by atoms with Gasteiger partial charge in [0.1, 0.15) is 6.07 Å². The molecule has 0 aliphatic carbocycles. The molecule has 0 amide bonds. The van der Waals surface area contributed by atoms with Gasteiger partial charge in [0, 0.05) is 18.8 Å². The van der Waals surface area contributed by atoms with Gasteiger partial charge < -0.3 is 9.30 Å². The van der Waals surface area contributed by atoms with Crippen LogP contribution in [0.25, 0.3) is 11.4 Å². The number of alkyl halides is 3. The first kappa shape index (κ1) is 19.8. The minimum atomic E-state index is -4.51. The van der Waals surface area contributed by atoms with E-state index in [1.165, 1.54) is 29.0 Å². The molecule has 0 fully saturated rings. The molecule has 0 spiro atoms. The SMILES string of the molecule is CC(Oc1ncc(C#N)cc1Br)c1nnc(-c2ccccc2C(F)(F)F)n1C. The van der Waals surface area contributed by atoms with Crippen LogP contribution in [0.5, 0.6) is 5.88 Å². The van der Waals surface area contributed by atoms with Crippen molar-refractivity contribution in [2.24, 2.45) is 7.05 Å². The van der Waals surface area contributed by atoms with Crippen LogP contribution in [0.15, 0.2) is 41.0 Å². The highest BCUT2D eigenvalue weighted by Crippen LogP contribution is 2.37. The topological polar surface area (TPSA) is 76.6 Å². The maximum atomic E-state index is 13.3. The molecule has 144 valence electrons. The van der Waals surface area contributed by atoms with Gasteiger partial charge in [0.25, 0.3) is 0 Å². The summed E-state index contributed by atoms with van der Waals surface area (Å²) in [6, 6.07) is 8.70. The first-order valence-electron chi connectivity index (χ1n) is 8.00. The van der Waals surface area contributed by atoms with Crippen LogP contribution in [-0.2, 0) is 13.2 Å². The molecule has 0 saturated carbocycles. The Morgan fingerprint density at radius 3 is 2.61 bits per heavy atom. The molecule has 0 radical (unpaired) electrons. The largest absolute Gasteiger partial charge is 0.466 e. The molecule has 0 aliphatic heterocycles. The Balaban J connectivity index is 1.93. The van der Waals surface area contributed by atoms with E-state index in [0.717, 1.165) is 6.07 Å². The van der Waals surface area contributed by atoms with Gasteiger partial charge in [0.2, 0.25) is 5.88 Å². The van der Waals surface area contributed by atoms with Crippen molar-refractivity contribution in [3.05, 3.63) is 58.0 Å². The van der Waals surface area contributed by atoms with E-state index in [1.807, 2.05) is 6.07 Å². The minimum Gasteiger partial charge on any atom is -0.466 e. The van der Waals surface area contributed by atoms with Gasteiger partial charge >= 0.3 is 6.18 Å². The molecule has 6 nitrogen and oxygen atoms in total. The first-order valence-corrected chi connectivity index (χ1v) is 8.80. The Labute approximate surface area is 166 Å². The van der Waals surface area contributed by atoms with Crippen LogP contribution >= 0.6 is 15.9 Å². The zero-order valence-corrected chi connectivity index (χ0v) is 16.3. The molecule has 1 aromatic carbocycles. The van der Waals surface area contributed by atoms with E-state index in [2.05, 4.69) is 31.1 Å². The van der Waals surface area contributed by atoms with Crippen LogP contribution < -0.4 is 4.74 Å². The molecular weight excluding hydrogens is 439 g/mol. The van der Waals surface area contributed by atoms with E-state index in [9.17, 15) is 13.2 Å². The highest BCUT2D eigenvalue weighted by atomic mass is 79.9. The number of aromatic nitrogens is 4. The third-order valence-corrected chi connectivity index (χ3v) is 4.54. The molecule has 28 heavy (non-hydrogen) atoms. The summed E-state index contributed by atoms with van der Waals surface area (Å²) in [5.74, 6) is 0.627. The van der Waals surface area contributed by atoms with Crippen LogP contribution in [0.2, 0.25) is 0 Å². The smallest absolute Gasteiger partial charge is 0.417 e. The molecule has 10 heteroatoms. The lowest BCUT2D eigenvalue weighted by Gasteiger charge is -2.15. The van der Waals surface area contributed by atoms with Gasteiger partial charge in [-0.05, 0) is 35.0 Å². The van der Waals surface area contributed by atoms with Crippen molar-refractivity contribution in [2.75, 3.05) is 0 Å². The first-order chi connectivity index (χ1) is 13.2. The summed E-state index contributed by atoms with van der Waals surface area (Å²) >= 11 is 3.27. The number of hydrogen-bond donors (Lipinski definition) is 0. The van der Waals surface area contributed by atoms with Gasteiger partial charge in [-0.15, -0.1) is 10.2 Å². The molecular formula is C18H13BrF3N5O. The Hall–Kier alpha value is -2.93. The summed E-state index contributed by atoms with van der Waals surface area (Å²) in [6.07, 6.45) is -3.81. The molecule has 1 unspecified atom stereocenters. The second kappa shape index (κ2) is 7.59. The van der Waals surface area contributed by atoms with Crippen molar-refractivity contribution in [1.82, 2.24) is 19.7 Å². The molecule has 0 saturated heterocycles. The van der Waals surface area contributed by atoms with Gasteiger partial charge in [0.05, 0.1) is 15.6 Å². The number of hydrogen-bond acceptors (Lipinski definition) is 5. The second-order valence-corrected chi connectivity index (χ2v) is 6.72. The van der Waals surface area contributed by atoms with Crippen LogP contribution in [0.1, 0.15) is 30.0 Å². The molecule has 2 heterocycles. The monoisotopic (exact) mass is 451 g/mol. The predicted molar refractivity (Wildman–Crippen MR) is 97.1 cm³/mol. The number of nitrogens with zero attached hydrogens (tertiary/aromatic N) is 5. The van der Waals surface area contributed by atoms with Gasteiger partial charge in [0.15, 0.2) is 17.8 Å². The summed E-state index contributed by atoms with van der Waals surface area (Å²) in [6.45, 7) is 1.68. The summed E-state index contributed by atoms with van der Waals surface area (Å²) in [7, 11) is 1.57. The van der Waals surface area contributed by atoms with Gasteiger partial charge in [-0.1, -0.05) is 18.2 Å². The lowest BCUT2D eigenvalue weighted by Crippen LogP contribution is -2.12. The Morgan fingerprint density at radius 1 is 1.25 bits per heavy atom. The van der Waals surface area contributed by atoms with Gasteiger partial charge in [-0.3, -0.25) is 0 Å². The highest BCUT2D eigenvalue weighted by molar-refractivity contribution is 9.10. The fourth-order valence-corrected chi connectivity index (χ4v) is 3.09. The average molecular weight is 452 g/mol. The van der Waals surface area contributed by atoms with Gasteiger partial charge in [-0.25, -0.2) is 4.98 Å². The molecule has 2 aromatic heterocycles. The zero-order valence-electron chi connectivity index (χ0n) is 14.7. The van der Waals surface area contributed by atoms with Gasteiger partial charge in [-0.2, -0.15) is 18.4 Å². The summed E-state index contributed by atoms with van der Waals surface area (Å²) in [5, 5.41) is 16.8. The number of rotatable bonds is 4. The van der Waals surface area contributed by atoms with E-state index in [0.29, 0.717) is 15.9 Å². The fraction of sp³-hybridized carbons (Fsp3) is 0.222. The van der Waals surface area contributed by atoms with Crippen molar-refractivity contribution in [2.45, 2.75) is 19.2 Å². The van der Waals surface area contributed by atoms with E-state index in [1.54, 1.807) is 20.0 Å². The minimum absolute atomic E-state index is 0.0684. The predicted octanol–water partition coefficient (Wildman–Crippen LogP) is 4.67. The molecule has 0 bridgehead atoms. The molecule has 0 aliphatic rings. The maximum Gasteiger partial charge on any atom is 0.417 e. The lowest BCUT2D eigenvalue weighted by atomic mass is 10.1. The Bertz CT molecular complexity index is 1060. The van der Waals surface area contributed by atoms with Crippen LogP contribution in [0.4, 0.5) is 13.2 Å². The Morgan fingerprint density at radius 2 is 1.96 bits per heavy atom. The van der Waals surface area contributed by atoms with Crippen molar-refractivity contribution < 1.29 is 17.9 Å². The maximum absolute atomic E-state index is 13.3. The normalized spacial score (nSPS) is 12.5. The second-order valence-electron chi connectivity index (χ2n) is 5.87. The number of halogens is 4. The van der Waals surface area contributed by atoms with E-state index < -0.39 is 17.8 Å². The molecule has 1 atom stereocenters. The third kappa shape index (κ3) is 3.84. The number of ether oxygens (including phenoxy) is 1. The Kier molecular flexibility index (Phi) is 5.38. The number of benzene rings is 1. The van der Waals surface area contributed by atoms with E-state index in [4.69, 9.17) is 10.00 Å². The van der Waals surface area contributed by atoms with Crippen molar-refractivity contribution in [3.63, 3.8) is 0 Å². The van der Waals surface area contributed by atoms with Crippen molar-refractivity contribution >= 4 is 15.9 Å². The van der Waals surface area contributed by atoms with Crippen molar-refractivity contribution in [1.29, 1.82) is 5.26 Å². The number of nitriles is 1. The van der Waals surface area contributed by atoms with E-state index in [-0.39, 0.29) is 17.3 Å². The standard InChI is InChI=1S/C18H13BrF3N5O/c1-10(28-17-14(19)7-11(8-23)9-24-17)15-25-26-16(27(15)2)12-5-3-4-6-13(12)18(20,21)22/h3-7,9-10H,1-2H3. The molecule has 0 N–H and O–H groups in total. The van der Waals surface area contributed by atoms with Crippen LogP contribution in [0, 0.1) is 11.3 Å². The lowest BCUT2D eigenvalue weighted by molar-refractivity contribution is -0.137. The highest BCUT2D eigenvalue weighted by Gasteiger charge is 2.35. The number of pyridine rings is 1. The van der Waals surface area contributed by atoms with Crippen molar-refractivity contribution in [3.8, 4) is 23.3 Å². The van der Waals surface area contributed by atoms with Crippen LogP contribution in [0.3, 0.4) is 0 Å². The quantitative estimate of drug-likeness (QED) is 0.575. The zero-order chi connectivity index (χ0) is 20.5. The average Bonchev–Trinajstić information content (AvgIpc) is 3.04. The van der Waals surface area contributed by atoms with E-state index >= 15 is 0 Å². The molecule has 3 rings (SSSR count). The summed E-state index contributed by atoms with van der Waals surface area (Å²) < 4.78 is 47.6.